The minimum Gasteiger partial charge on any atom is -0.301 e. The van der Waals surface area contributed by atoms with E-state index in [0.29, 0.717) is 6.04 Å². The molecule has 0 spiro atoms. The molecule has 0 radical (unpaired) electrons. The molecule has 2 unspecified atom stereocenters. The smallest absolute Gasteiger partial charge is 0.123 e. The maximum atomic E-state index is 12.7. The van der Waals surface area contributed by atoms with Gasteiger partial charge in [-0.15, -0.1) is 6.42 Å². The normalized spacial score (nSPS) is 14.0. The largest absolute Gasteiger partial charge is 0.301 e. The molecular weight excluding hydrogens is 213 g/mol. The van der Waals surface area contributed by atoms with E-state index in [-0.39, 0.29) is 11.9 Å². The molecule has 0 aliphatic heterocycles. The fourth-order valence-corrected chi connectivity index (χ4v) is 1.88. The van der Waals surface area contributed by atoms with Crippen LogP contribution in [0.1, 0.15) is 32.3 Å². The van der Waals surface area contributed by atoms with Crippen molar-refractivity contribution < 1.29 is 4.39 Å². The molecule has 0 aromatic heterocycles. The molecule has 0 saturated carbocycles. The number of nitrogens with one attached hydrogen (secondary N) is 1. The summed E-state index contributed by atoms with van der Waals surface area (Å²) >= 11 is 0. The van der Waals surface area contributed by atoms with Gasteiger partial charge in [0.2, 0.25) is 0 Å². The van der Waals surface area contributed by atoms with Crippen molar-refractivity contribution in [3.63, 3.8) is 0 Å². The molecule has 1 aromatic rings. The summed E-state index contributed by atoms with van der Waals surface area (Å²) in [5.74, 6) is 2.56. The third kappa shape index (κ3) is 5.01. The van der Waals surface area contributed by atoms with Crippen LogP contribution in [0.15, 0.2) is 24.3 Å². The van der Waals surface area contributed by atoms with Crippen LogP contribution in [0.3, 0.4) is 0 Å². The van der Waals surface area contributed by atoms with Gasteiger partial charge in [0.25, 0.3) is 0 Å². The Balaban J connectivity index is 2.46. The van der Waals surface area contributed by atoms with E-state index in [1.54, 1.807) is 0 Å². The van der Waals surface area contributed by atoms with Gasteiger partial charge in [0.15, 0.2) is 0 Å². The van der Waals surface area contributed by atoms with Crippen LogP contribution in [0.5, 0.6) is 0 Å². The monoisotopic (exact) mass is 233 g/mol. The Hall–Kier alpha value is -1.33. The predicted octanol–water partition coefficient (Wildman–Crippen LogP) is 3.15. The van der Waals surface area contributed by atoms with E-state index in [4.69, 9.17) is 6.42 Å². The Kier molecular flexibility index (Phi) is 5.72. The molecule has 0 bridgehead atoms. The molecule has 1 nitrogen and oxygen atoms in total. The minimum atomic E-state index is -0.193. The first-order chi connectivity index (χ1) is 8.15. The van der Waals surface area contributed by atoms with Crippen molar-refractivity contribution in [2.75, 3.05) is 0 Å². The Labute approximate surface area is 103 Å². The number of hydrogen-bond acceptors (Lipinski definition) is 1. The van der Waals surface area contributed by atoms with Gasteiger partial charge in [-0.05, 0) is 37.5 Å². The molecule has 1 aromatic carbocycles. The van der Waals surface area contributed by atoms with Crippen LogP contribution in [0.4, 0.5) is 4.39 Å². The lowest BCUT2D eigenvalue weighted by molar-refractivity contribution is 0.479. The Morgan fingerprint density at radius 1 is 1.35 bits per heavy atom. The van der Waals surface area contributed by atoms with E-state index >= 15 is 0 Å². The molecule has 0 amide bonds. The lowest BCUT2D eigenvalue weighted by Crippen LogP contribution is -2.36. The summed E-state index contributed by atoms with van der Waals surface area (Å²) in [4.78, 5) is 0. The third-order valence-corrected chi connectivity index (χ3v) is 2.72. The van der Waals surface area contributed by atoms with Gasteiger partial charge in [0, 0.05) is 6.04 Å². The Bertz CT molecular complexity index is 364. The van der Waals surface area contributed by atoms with E-state index < -0.39 is 0 Å². The highest BCUT2D eigenvalue weighted by Gasteiger charge is 2.09. The standard InChI is InChI=1S/C15H20FN/c1-4-6-15(5-2)17-12(3)11-13-7-9-14(16)10-8-13/h2,7-10,12,15,17H,4,6,11H2,1,3H3. The Morgan fingerprint density at radius 2 is 2.00 bits per heavy atom. The maximum Gasteiger partial charge on any atom is 0.123 e. The van der Waals surface area contributed by atoms with E-state index in [2.05, 4.69) is 25.1 Å². The van der Waals surface area contributed by atoms with Gasteiger partial charge < -0.3 is 5.32 Å². The average molecular weight is 233 g/mol. The van der Waals surface area contributed by atoms with Crippen LogP contribution >= 0.6 is 0 Å². The van der Waals surface area contributed by atoms with Crippen LogP contribution < -0.4 is 5.32 Å². The second-order valence-corrected chi connectivity index (χ2v) is 4.41. The topological polar surface area (TPSA) is 12.0 Å². The highest BCUT2D eigenvalue weighted by Crippen LogP contribution is 2.07. The van der Waals surface area contributed by atoms with E-state index in [0.717, 1.165) is 24.8 Å². The van der Waals surface area contributed by atoms with Gasteiger partial charge in [0.05, 0.1) is 6.04 Å². The van der Waals surface area contributed by atoms with Gasteiger partial charge in [-0.3, -0.25) is 0 Å². The molecular formula is C15H20FN. The first-order valence-electron chi connectivity index (χ1n) is 6.12. The second-order valence-electron chi connectivity index (χ2n) is 4.41. The molecule has 17 heavy (non-hydrogen) atoms. The third-order valence-electron chi connectivity index (χ3n) is 2.72. The molecule has 0 heterocycles. The highest BCUT2D eigenvalue weighted by molar-refractivity contribution is 5.17. The zero-order chi connectivity index (χ0) is 12.7. The summed E-state index contributed by atoms with van der Waals surface area (Å²) in [6, 6.07) is 7.05. The molecule has 2 heteroatoms. The highest BCUT2D eigenvalue weighted by atomic mass is 19.1. The summed E-state index contributed by atoms with van der Waals surface area (Å²) in [5, 5.41) is 3.40. The lowest BCUT2D eigenvalue weighted by atomic mass is 10.1. The molecule has 1 rings (SSSR count). The first-order valence-corrected chi connectivity index (χ1v) is 6.12. The number of halogens is 1. The van der Waals surface area contributed by atoms with E-state index in [9.17, 15) is 4.39 Å². The number of rotatable bonds is 6. The van der Waals surface area contributed by atoms with Crippen LogP contribution in [-0.2, 0) is 6.42 Å². The predicted molar refractivity (Wildman–Crippen MR) is 70.2 cm³/mol. The second kappa shape index (κ2) is 7.09. The number of hydrogen-bond donors (Lipinski definition) is 1. The van der Waals surface area contributed by atoms with Gasteiger partial charge in [0.1, 0.15) is 5.82 Å². The molecule has 2 atom stereocenters. The summed E-state index contributed by atoms with van der Waals surface area (Å²) < 4.78 is 12.7. The SMILES string of the molecule is C#CC(CCC)NC(C)Cc1ccc(F)cc1. The van der Waals surface area contributed by atoms with Crippen molar-refractivity contribution in [3.8, 4) is 12.3 Å². The minimum absolute atomic E-state index is 0.135. The molecule has 0 aliphatic rings. The zero-order valence-corrected chi connectivity index (χ0v) is 10.5. The molecule has 0 saturated heterocycles. The van der Waals surface area contributed by atoms with Crippen LogP contribution in [-0.4, -0.2) is 12.1 Å². The molecule has 0 aliphatic carbocycles. The van der Waals surface area contributed by atoms with Gasteiger partial charge in [-0.1, -0.05) is 31.4 Å². The van der Waals surface area contributed by atoms with Crippen LogP contribution in [0.25, 0.3) is 0 Å². The van der Waals surface area contributed by atoms with Crippen molar-refractivity contribution in [1.29, 1.82) is 0 Å². The summed E-state index contributed by atoms with van der Waals surface area (Å²) in [7, 11) is 0. The lowest BCUT2D eigenvalue weighted by Gasteiger charge is -2.19. The average Bonchev–Trinajstić information content (AvgIpc) is 2.31. The van der Waals surface area contributed by atoms with E-state index in [1.807, 2.05) is 12.1 Å². The molecule has 0 fully saturated rings. The van der Waals surface area contributed by atoms with Crippen LogP contribution in [0, 0.1) is 18.2 Å². The summed E-state index contributed by atoms with van der Waals surface area (Å²) in [6.07, 6.45) is 8.39. The fraction of sp³-hybridized carbons (Fsp3) is 0.467. The Morgan fingerprint density at radius 3 is 2.53 bits per heavy atom. The van der Waals surface area contributed by atoms with Crippen molar-refractivity contribution in [3.05, 3.63) is 35.6 Å². The molecule has 1 N–H and O–H groups in total. The van der Waals surface area contributed by atoms with Gasteiger partial charge in [-0.25, -0.2) is 4.39 Å². The summed E-state index contributed by atoms with van der Waals surface area (Å²) in [5.41, 5.74) is 1.12. The fourth-order valence-electron chi connectivity index (χ4n) is 1.88. The van der Waals surface area contributed by atoms with Crippen molar-refractivity contribution >= 4 is 0 Å². The summed E-state index contributed by atoms with van der Waals surface area (Å²) in [6.45, 7) is 4.22. The number of benzene rings is 1. The van der Waals surface area contributed by atoms with Crippen molar-refractivity contribution in [2.24, 2.45) is 0 Å². The van der Waals surface area contributed by atoms with Crippen molar-refractivity contribution in [1.82, 2.24) is 5.32 Å². The van der Waals surface area contributed by atoms with Crippen molar-refractivity contribution in [2.45, 2.75) is 45.2 Å². The van der Waals surface area contributed by atoms with Crippen LogP contribution in [0.2, 0.25) is 0 Å². The van der Waals surface area contributed by atoms with Gasteiger partial charge in [-0.2, -0.15) is 0 Å². The molecule has 92 valence electrons. The maximum absolute atomic E-state index is 12.7. The number of terminal acetylenes is 1. The van der Waals surface area contributed by atoms with E-state index in [1.165, 1.54) is 12.1 Å². The first kappa shape index (κ1) is 13.7. The quantitative estimate of drug-likeness (QED) is 0.744. The zero-order valence-electron chi connectivity index (χ0n) is 10.5. The van der Waals surface area contributed by atoms with Gasteiger partial charge >= 0.3 is 0 Å².